The Kier molecular flexibility index (Phi) is 2.52. The van der Waals surface area contributed by atoms with Gasteiger partial charge in [-0.3, -0.25) is 4.98 Å². The van der Waals surface area contributed by atoms with Gasteiger partial charge in [0, 0.05) is 11.9 Å². The van der Waals surface area contributed by atoms with Gasteiger partial charge in [0.25, 0.3) is 0 Å². The largest absolute Gasteiger partial charge is 0.383 e. The summed E-state index contributed by atoms with van der Waals surface area (Å²) in [6.45, 7) is 5.33. The zero-order valence-electron chi connectivity index (χ0n) is 9.65. The van der Waals surface area contributed by atoms with Crippen LogP contribution in [-0.4, -0.2) is 20.1 Å². The van der Waals surface area contributed by atoms with Gasteiger partial charge in [0.15, 0.2) is 0 Å². The number of hydrogen-bond acceptors (Lipinski definition) is 3. The number of nitrogens with zero attached hydrogens (tertiary/aromatic N) is 2. The molecular weight excluding hydrogens is 202 g/mol. The number of imidazole rings is 1. The molecule has 2 aromatic rings. The second-order valence-corrected chi connectivity index (χ2v) is 4.33. The Bertz CT molecular complexity index is 483. The van der Waals surface area contributed by atoms with Crippen molar-refractivity contribution in [3.63, 3.8) is 0 Å². The molecule has 84 valence electrons. The number of aryl methyl sites for hydroxylation is 1. The summed E-state index contributed by atoms with van der Waals surface area (Å²) >= 11 is 0. The third-order valence-corrected chi connectivity index (χ3v) is 2.37. The van der Waals surface area contributed by atoms with Crippen molar-refractivity contribution in [2.75, 3.05) is 0 Å². The summed E-state index contributed by atoms with van der Waals surface area (Å²) in [5, 5.41) is 9.86. The van der Waals surface area contributed by atoms with E-state index >= 15 is 0 Å². The second-order valence-electron chi connectivity index (χ2n) is 4.33. The van der Waals surface area contributed by atoms with Crippen molar-refractivity contribution < 1.29 is 5.11 Å². The summed E-state index contributed by atoms with van der Waals surface area (Å²) in [6, 6.07) is 5.68. The van der Waals surface area contributed by atoms with Crippen LogP contribution in [0.15, 0.2) is 24.4 Å². The highest BCUT2D eigenvalue weighted by Gasteiger charge is 2.22. The van der Waals surface area contributed by atoms with E-state index in [0.717, 1.165) is 17.1 Å². The van der Waals surface area contributed by atoms with Crippen LogP contribution in [0.1, 0.15) is 25.4 Å². The molecule has 2 rings (SSSR count). The lowest BCUT2D eigenvalue weighted by Crippen LogP contribution is -2.17. The molecule has 0 atom stereocenters. The number of nitrogens with one attached hydrogen (secondary N) is 1. The number of aromatic amines is 1. The Morgan fingerprint density at radius 3 is 2.56 bits per heavy atom. The minimum absolute atomic E-state index is 0.561. The molecule has 0 aliphatic carbocycles. The summed E-state index contributed by atoms with van der Waals surface area (Å²) in [5.41, 5.74) is 1.55. The molecule has 0 aliphatic heterocycles. The van der Waals surface area contributed by atoms with Crippen molar-refractivity contribution in [2.24, 2.45) is 0 Å². The lowest BCUT2D eigenvalue weighted by molar-refractivity contribution is 0.0696. The fourth-order valence-corrected chi connectivity index (χ4v) is 1.50. The number of hydrogen-bond donors (Lipinski definition) is 2. The summed E-state index contributed by atoms with van der Waals surface area (Å²) in [5.74, 6) is 0.561. The SMILES string of the molecule is Cc1[nH]c(C(C)(C)O)nc1-c1ccccn1. The van der Waals surface area contributed by atoms with E-state index in [-0.39, 0.29) is 0 Å². The van der Waals surface area contributed by atoms with Crippen LogP contribution in [0.25, 0.3) is 11.4 Å². The van der Waals surface area contributed by atoms with Crippen LogP contribution >= 0.6 is 0 Å². The molecule has 2 aromatic heterocycles. The van der Waals surface area contributed by atoms with Crippen molar-refractivity contribution in [3.05, 3.63) is 35.9 Å². The van der Waals surface area contributed by atoms with Crippen LogP contribution in [0.2, 0.25) is 0 Å². The topological polar surface area (TPSA) is 61.8 Å². The van der Waals surface area contributed by atoms with E-state index in [1.165, 1.54) is 0 Å². The molecule has 4 nitrogen and oxygen atoms in total. The van der Waals surface area contributed by atoms with E-state index in [9.17, 15) is 5.11 Å². The Morgan fingerprint density at radius 1 is 1.31 bits per heavy atom. The Labute approximate surface area is 94.4 Å². The number of rotatable bonds is 2. The Balaban J connectivity index is 2.48. The van der Waals surface area contributed by atoms with E-state index in [0.29, 0.717) is 5.82 Å². The molecule has 0 fully saturated rings. The van der Waals surface area contributed by atoms with Crippen LogP contribution in [-0.2, 0) is 5.60 Å². The van der Waals surface area contributed by atoms with E-state index in [4.69, 9.17) is 0 Å². The number of pyridine rings is 1. The average molecular weight is 217 g/mol. The maximum absolute atomic E-state index is 9.86. The highest BCUT2D eigenvalue weighted by atomic mass is 16.3. The van der Waals surface area contributed by atoms with Gasteiger partial charge in [0.2, 0.25) is 0 Å². The van der Waals surface area contributed by atoms with Crippen molar-refractivity contribution >= 4 is 0 Å². The van der Waals surface area contributed by atoms with E-state index in [1.54, 1.807) is 20.0 Å². The van der Waals surface area contributed by atoms with Gasteiger partial charge in [-0.05, 0) is 32.9 Å². The summed E-state index contributed by atoms with van der Waals surface area (Å²) in [4.78, 5) is 11.7. The first-order chi connectivity index (χ1) is 7.48. The average Bonchev–Trinajstić information content (AvgIpc) is 2.61. The van der Waals surface area contributed by atoms with Crippen LogP contribution in [0, 0.1) is 6.92 Å². The van der Waals surface area contributed by atoms with E-state index in [2.05, 4.69) is 15.0 Å². The molecule has 0 amide bonds. The zero-order valence-corrected chi connectivity index (χ0v) is 9.65. The molecular formula is C12H15N3O. The molecule has 0 saturated heterocycles. The Morgan fingerprint density at radius 2 is 2.06 bits per heavy atom. The molecule has 4 heteroatoms. The predicted molar refractivity (Wildman–Crippen MR) is 61.8 cm³/mol. The predicted octanol–water partition coefficient (Wildman–Crippen LogP) is 2.01. The first kappa shape index (κ1) is 10.8. The molecule has 0 radical (unpaired) electrons. The molecule has 0 unspecified atom stereocenters. The van der Waals surface area contributed by atoms with Gasteiger partial charge in [-0.25, -0.2) is 4.98 Å². The smallest absolute Gasteiger partial charge is 0.138 e. The first-order valence-electron chi connectivity index (χ1n) is 5.19. The van der Waals surface area contributed by atoms with Gasteiger partial charge in [-0.15, -0.1) is 0 Å². The fraction of sp³-hybridized carbons (Fsp3) is 0.333. The summed E-state index contributed by atoms with van der Waals surface area (Å²) < 4.78 is 0. The van der Waals surface area contributed by atoms with Crippen LogP contribution < -0.4 is 0 Å². The standard InChI is InChI=1S/C12H15N3O/c1-8-10(9-6-4-5-7-13-9)15-11(14-8)12(2,3)16/h4-7,16H,1-3H3,(H,14,15). The monoisotopic (exact) mass is 217 g/mol. The molecule has 0 aliphatic rings. The summed E-state index contributed by atoms with van der Waals surface area (Å²) in [7, 11) is 0. The van der Waals surface area contributed by atoms with E-state index < -0.39 is 5.60 Å². The third kappa shape index (κ3) is 1.97. The van der Waals surface area contributed by atoms with Gasteiger partial charge in [-0.1, -0.05) is 6.07 Å². The van der Waals surface area contributed by atoms with Gasteiger partial charge in [-0.2, -0.15) is 0 Å². The molecule has 2 N–H and O–H groups in total. The van der Waals surface area contributed by atoms with Crippen LogP contribution in [0.4, 0.5) is 0 Å². The molecule has 16 heavy (non-hydrogen) atoms. The zero-order chi connectivity index (χ0) is 11.8. The minimum atomic E-state index is -0.961. The van der Waals surface area contributed by atoms with Crippen LogP contribution in [0.5, 0.6) is 0 Å². The third-order valence-electron chi connectivity index (χ3n) is 2.37. The molecule has 0 aromatic carbocycles. The van der Waals surface area contributed by atoms with E-state index in [1.807, 2.05) is 25.1 Å². The van der Waals surface area contributed by atoms with Crippen molar-refractivity contribution in [1.29, 1.82) is 0 Å². The van der Waals surface area contributed by atoms with Gasteiger partial charge >= 0.3 is 0 Å². The number of H-pyrrole nitrogens is 1. The summed E-state index contributed by atoms with van der Waals surface area (Å²) in [6.07, 6.45) is 1.73. The van der Waals surface area contributed by atoms with Crippen molar-refractivity contribution in [2.45, 2.75) is 26.4 Å². The normalized spacial score (nSPS) is 11.8. The van der Waals surface area contributed by atoms with Gasteiger partial charge < -0.3 is 10.1 Å². The number of aliphatic hydroxyl groups is 1. The number of aromatic nitrogens is 3. The van der Waals surface area contributed by atoms with Crippen LogP contribution in [0.3, 0.4) is 0 Å². The Hall–Kier alpha value is -1.68. The molecule has 0 bridgehead atoms. The maximum Gasteiger partial charge on any atom is 0.138 e. The molecule has 0 spiro atoms. The lowest BCUT2D eigenvalue weighted by atomic mass is 10.1. The van der Waals surface area contributed by atoms with Crippen molar-refractivity contribution in [3.8, 4) is 11.4 Å². The fourth-order valence-electron chi connectivity index (χ4n) is 1.50. The molecule has 2 heterocycles. The highest BCUT2D eigenvalue weighted by molar-refractivity contribution is 5.57. The van der Waals surface area contributed by atoms with Gasteiger partial charge in [0.05, 0.1) is 5.69 Å². The van der Waals surface area contributed by atoms with Crippen molar-refractivity contribution in [1.82, 2.24) is 15.0 Å². The lowest BCUT2D eigenvalue weighted by Gasteiger charge is -2.12. The van der Waals surface area contributed by atoms with Gasteiger partial charge in [0.1, 0.15) is 17.1 Å². The maximum atomic E-state index is 9.86. The first-order valence-corrected chi connectivity index (χ1v) is 5.19. The molecule has 0 saturated carbocycles. The minimum Gasteiger partial charge on any atom is -0.383 e. The quantitative estimate of drug-likeness (QED) is 0.808. The second kappa shape index (κ2) is 3.72. The highest BCUT2D eigenvalue weighted by Crippen LogP contribution is 2.23.